The van der Waals surface area contributed by atoms with E-state index in [0.717, 1.165) is 50.0 Å². The first kappa shape index (κ1) is 18.9. The summed E-state index contributed by atoms with van der Waals surface area (Å²) in [6, 6.07) is 7.86. The zero-order valence-corrected chi connectivity index (χ0v) is 16.4. The molecule has 0 radical (unpaired) electrons. The molecule has 1 aromatic carbocycles. The summed E-state index contributed by atoms with van der Waals surface area (Å²) in [5.74, 6) is 0.946. The van der Waals surface area contributed by atoms with Crippen molar-refractivity contribution in [2.45, 2.75) is 71.4 Å². The molecule has 0 N–H and O–H groups in total. The maximum absolute atomic E-state index is 13.4. The molecule has 3 rings (SSSR count). The smallest absolute Gasteiger partial charge is 0.250 e. The summed E-state index contributed by atoms with van der Waals surface area (Å²) < 4.78 is 0. The molecule has 0 spiro atoms. The summed E-state index contributed by atoms with van der Waals surface area (Å²) in [6.45, 7) is 7.36. The van der Waals surface area contributed by atoms with E-state index >= 15 is 0 Å². The van der Waals surface area contributed by atoms with Gasteiger partial charge in [-0.15, -0.1) is 0 Å². The van der Waals surface area contributed by atoms with Gasteiger partial charge in [0.25, 0.3) is 5.91 Å². The Morgan fingerprint density at radius 2 is 1.69 bits per heavy atom. The molecule has 2 fully saturated rings. The Morgan fingerprint density at radius 1 is 1.04 bits per heavy atom. The Bertz CT molecular complexity index is 632. The Kier molecular flexibility index (Phi) is 6.00. The number of carbonyl (C=O) groups is 2. The van der Waals surface area contributed by atoms with Gasteiger partial charge in [0.15, 0.2) is 0 Å². The summed E-state index contributed by atoms with van der Waals surface area (Å²) in [4.78, 5) is 30.1. The number of piperazine rings is 1. The van der Waals surface area contributed by atoms with Crippen LogP contribution in [0.25, 0.3) is 0 Å². The Labute approximate surface area is 157 Å². The van der Waals surface area contributed by atoms with Crippen LogP contribution >= 0.6 is 0 Å². The molecular formula is C22H32N2O2. The van der Waals surface area contributed by atoms with E-state index in [0.29, 0.717) is 6.54 Å². The molecule has 1 aliphatic carbocycles. The lowest BCUT2D eigenvalue weighted by Gasteiger charge is -2.45. The summed E-state index contributed by atoms with van der Waals surface area (Å²) in [7, 11) is 0. The van der Waals surface area contributed by atoms with Crippen molar-refractivity contribution in [3.05, 3.63) is 35.4 Å². The number of nitrogens with zero attached hydrogens (tertiary/aromatic N) is 2. The van der Waals surface area contributed by atoms with E-state index in [9.17, 15) is 9.59 Å². The average Bonchev–Trinajstić information content (AvgIpc) is 2.64. The van der Waals surface area contributed by atoms with E-state index in [1.807, 2.05) is 41.0 Å². The first-order valence-electron chi connectivity index (χ1n) is 10.2. The largest absolute Gasteiger partial charge is 0.328 e. The molecule has 1 aliphatic heterocycles. The SMILES string of the molecule is CCCCN1C(=O)CN(C2CCC(C)CC2)C(=O)C1c1ccc(C)cc1. The molecule has 2 amide bonds. The monoisotopic (exact) mass is 356 g/mol. The van der Waals surface area contributed by atoms with Gasteiger partial charge in [0.05, 0.1) is 0 Å². The number of benzene rings is 1. The average molecular weight is 357 g/mol. The van der Waals surface area contributed by atoms with Gasteiger partial charge in [0, 0.05) is 12.6 Å². The van der Waals surface area contributed by atoms with Gasteiger partial charge < -0.3 is 9.80 Å². The summed E-state index contributed by atoms with van der Waals surface area (Å²) in [6.07, 6.45) is 6.30. The maximum Gasteiger partial charge on any atom is 0.250 e. The highest BCUT2D eigenvalue weighted by Gasteiger charge is 2.42. The van der Waals surface area contributed by atoms with Crippen molar-refractivity contribution in [1.82, 2.24) is 9.80 Å². The van der Waals surface area contributed by atoms with Gasteiger partial charge in [-0.3, -0.25) is 9.59 Å². The van der Waals surface area contributed by atoms with Gasteiger partial charge in [-0.25, -0.2) is 0 Å². The molecule has 1 heterocycles. The quantitative estimate of drug-likeness (QED) is 0.797. The van der Waals surface area contributed by atoms with Crippen LogP contribution in [0.4, 0.5) is 0 Å². The van der Waals surface area contributed by atoms with Gasteiger partial charge in [0.2, 0.25) is 5.91 Å². The van der Waals surface area contributed by atoms with Crippen molar-refractivity contribution in [2.75, 3.05) is 13.1 Å². The van der Waals surface area contributed by atoms with E-state index in [4.69, 9.17) is 0 Å². The fourth-order valence-corrected chi connectivity index (χ4v) is 4.27. The highest BCUT2D eigenvalue weighted by Crippen LogP contribution is 2.34. The van der Waals surface area contributed by atoms with E-state index in [1.165, 1.54) is 5.56 Å². The second kappa shape index (κ2) is 8.24. The standard InChI is InChI=1S/C22H32N2O2/c1-4-5-14-23-20(25)15-24(19-12-8-17(3)9-13-19)22(26)21(23)18-10-6-16(2)7-11-18/h6-7,10-11,17,19,21H,4-5,8-9,12-15H2,1-3H3. The minimum atomic E-state index is -0.456. The molecule has 4 nitrogen and oxygen atoms in total. The highest BCUT2D eigenvalue weighted by molar-refractivity contribution is 5.95. The number of hydrogen-bond donors (Lipinski definition) is 0. The second-order valence-corrected chi connectivity index (χ2v) is 8.13. The molecule has 26 heavy (non-hydrogen) atoms. The van der Waals surface area contributed by atoms with E-state index < -0.39 is 6.04 Å². The molecule has 1 saturated heterocycles. The van der Waals surface area contributed by atoms with Crippen LogP contribution in [0.3, 0.4) is 0 Å². The zero-order chi connectivity index (χ0) is 18.7. The normalized spacial score (nSPS) is 27.1. The van der Waals surface area contributed by atoms with Crippen molar-refractivity contribution in [3.8, 4) is 0 Å². The van der Waals surface area contributed by atoms with Gasteiger partial charge in [-0.05, 0) is 50.5 Å². The molecule has 4 heteroatoms. The fraction of sp³-hybridized carbons (Fsp3) is 0.636. The Hall–Kier alpha value is -1.84. The minimum Gasteiger partial charge on any atom is -0.328 e. The van der Waals surface area contributed by atoms with Crippen molar-refractivity contribution in [1.29, 1.82) is 0 Å². The van der Waals surface area contributed by atoms with Crippen LogP contribution in [-0.2, 0) is 9.59 Å². The van der Waals surface area contributed by atoms with Crippen LogP contribution < -0.4 is 0 Å². The molecule has 1 unspecified atom stereocenters. The predicted molar refractivity (Wildman–Crippen MR) is 104 cm³/mol. The van der Waals surface area contributed by atoms with Crippen molar-refractivity contribution < 1.29 is 9.59 Å². The zero-order valence-electron chi connectivity index (χ0n) is 16.4. The number of amides is 2. The van der Waals surface area contributed by atoms with Gasteiger partial charge >= 0.3 is 0 Å². The van der Waals surface area contributed by atoms with Crippen LogP contribution in [-0.4, -0.2) is 40.7 Å². The number of carbonyl (C=O) groups excluding carboxylic acids is 2. The summed E-state index contributed by atoms with van der Waals surface area (Å²) in [5, 5.41) is 0. The van der Waals surface area contributed by atoms with Gasteiger partial charge in [-0.1, -0.05) is 50.1 Å². The first-order valence-corrected chi connectivity index (χ1v) is 10.2. The number of unbranched alkanes of at least 4 members (excludes halogenated alkanes) is 1. The third-order valence-electron chi connectivity index (χ3n) is 6.03. The Morgan fingerprint density at radius 3 is 2.31 bits per heavy atom. The molecule has 142 valence electrons. The molecule has 1 saturated carbocycles. The van der Waals surface area contributed by atoms with Gasteiger partial charge in [-0.2, -0.15) is 0 Å². The van der Waals surface area contributed by atoms with Crippen LogP contribution in [0, 0.1) is 12.8 Å². The minimum absolute atomic E-state index is 0.0993. The lowest BCUT2D eigenvalue weighted by molar-refractivity contribution is -0.159. The summed E-state index contributed by atoms with van der Waals surface area (Å²) >= 11 is 0. The number of hydrogen-bond acceptors (Lipinski definition) is 2. The van der Waals surface area contributed by atoms with Crippen LogP contribution in [0.1, 0.15) is 69.5 Å². The van der Waals surface area contributed by atoms with Crippen molar-refractivity contribution >= 4 is 11.8 Å². The predicted octanol–water partition coefficient (Wildman–Crippen LogP) is 4.09. The molecule has 0 bridgehead atoms. The fourth-order valence-electron chi connectivity index (χ4n) is 4.27. The van der Waals surface area contributed by atoms with E-state index in [2.05, 4.69) is 13.8 Å². The lowest BCUT2D eigenvalue weighted by Crippen LogP contribution is -2.58. The number of rotatable bonds is 5. The highest BCUT2D eigenvalue weighted by atomic mass is 16.2. The van der Waals surface area contributed by atoms with Crippen LogP contribution in [0.2, 0.25) is 0 Å². The number of aryl methyl sites for hydroxylation is 1. The third-order valence-corrected chi connectivity index (χ3v) is 6.03. The van der Waals surface area contributed by atoms with Crippen LogP contribution in [0.5, 0.6) is 0 Å². The van der Waals surface area contributed by atoms with E-state index in [-0.39, 0.29) is 24.4 Å². The second-order valence-electron chi connectivity index (χ2n) is 8.13. The van der Waals surface area contributed by atoms with Crippen molar-refractivity contribution in [3.63, 3.8) is 0 Å². The Balaban J connectivity index is 1.87. The third kappa shape index (κ3) is 3.94. The molecule has 0 aromatic heterocycles. The molecule has 1 aromatic rings. The molecule has 2 aliphatic rings. The van der Waals surface area contributed by atoms with E-state index in [1.54, 1.807) is 0 Å². The first-order chi connectivity index (χ1) is 12.5. The van der Waals surface area contributed by atoms with Crippen LogP contribution in [0.15, 0.2) is 24.3 Å². The summed E-state index contributed by atoms with van der Waals surface area (Å²) in [5.41, 5.74) is 2.11. The maximum atomic E-state index is 13.4. The topological polar surface area (TPSA) is 40.6 Å². The van der Waals surface area contributed by atoms with Crippen molar-refractivity contribution in [2.24, 2.45) is 5.92 Å². The molecular weight excluding hydrogens is 324 g/mol. The molecule has 1 atom stereocenters. The lowest BCUT2D eigenvalue weighted by atomic mass is 9.85. The van der Waals surface area contributed by atoms with Gasteiger partial charge in [0.1, 0.15) is 12.6 Å².